The van der Waals surface area contributed by atoms with Gasteiger partial charge in [0.2, 0.25) is 0 Å². The molecule has 96 valence electrons. The van der Waals surface area contributed by atoms with E-state index in [-0.39, 0.29) is 0 Å². The molecule has 0 saturated carbocycles. The molecule has 1 saturated heterocycles. The molecular weight excluding hydrogens is 212 g/mol. The molecule has 2 rings (SSSR count). The van der Waals surface area contributed by atoms with Crippen molar-refractivity contribution >= 4 is 5.69 Å². The molecule has 1 aromatic rings. The summed E-state index contributed by atoms with van der Waals surface area (Å²) < 4.78 is 1.87. The molecule has 4 nitrogen and oxygen atoms in total. The molecule has 2 heterocycles. The van der Waals surface area contributed by atoms with E-state index in [0.29, 0.717) is 0 Å². The standard InChI is InChI=1S/C13H24N4/c1-11(2)6-14-7-12-4-5-17(9-12)13-8-15-16(3)10-13/h8,10-12,14H,4-7,9H2,1-3H3. The number of aryl methyl sites for hydroxylation is 1. The van der Waals surface area contributed by atoms with Crippen molar-refractivity contribution in [2.24, 2.45) is 18.9 Å². The predicted octanol–water partition coefficient (Wildman–Crippen LogP) is 1.49. The molecular formula is C13H24N4. The SMILES string of the molecule is CC(C)CNCC1CCN(c2cnn(C)c2)C1. The summed E-state index contributed by atoms with van der Waals surface area (Å²) in [5, 5.41) is 7.79. The number of nitrogens with one attached hydrogen (secondary N) is 1. The first kappa shape index (κ1) is 12.4. The van der Waals surface area contributed by atoms with Crippen molar-refractivity contribution in [1.29, 1.82) is 0 Å². The molecule has 4 heteroatoms. The normalized spacial score (nSPS) is 20.5. The number of rotatable bonds is 5. The molecule has 17 heavy (non-hydrogen) atoms. The van der Waals surface area contributed by atoms with Gasteiger partial charge in [0, 0.05) is 26.3 Å². The Labute approximate surface area is 104 Å². The van der Waals surface area contributed by atoms with Crippen molar-refractivity contribution in [3.05, 3.63) is 12.4 Å². The molecule has 1 atom stereocenters. The van der Waals surface area contributed by atoms with E-state index in [9.17, 15) is 0 Å². The highest BCUT2D eigenvalue weighted by molar-refractivity contribution is 5.43. The number of hydrogen-bond acceptors (Lipinski definition) is 3. The summed E-state index contributed by atoms with van der Waals surface area (Å²) in [4.78, 5) is 2.44. The first-order valence-electron chi connectivity index (χ1n) is 6.59. The highest BCUT2D eigenvalue weighted by Gasteiger charge is 2.22. The zero-order chi connectivity index (χ0) is 12.3. The summed E-state index contributed by atoms with van der Waals surface area (Å²) in [6.07, 6.45) is 5.36. The van der Waals surface area contributed by atoms with Crippen LogP contribution in [0.5, 0.6) is 0 Å². The van der Waals surface area contributed by atoms with Gasteiger partial charge >= 0.3 is 0 Å². The Hall–Kier alpha value is -1.03. The average Bonchev–Trinajstić information content (AvgIpc) is 2.86. The van der Waals surface area contributed by atoms with Crippen LogP contribution in [0.4, 0.5) is 5.69 Å². The topological polar surface area (TPSA) is 33.1 Å². The Morgan fingerprint density at radius 3 is 3.00 bits per heavy atom. The first-order chi connectivity index (χ1) is 8.15. The van der Waals surface area contributed by atoms with Crippen LogP contribution in [0.25, 0.3) is 0 Å². The number of aromatic nitrogens is 2. The van der Waals surface area contributed by atoms with Gasteiger partial charge < -0.3 is 10.2 Å². The first-order valence-corrected chi connectivity index (χ1v) is 6.59. The minimum atomic E-state index is 0.742. The number of hydrogen-bond donors (Lipinski definition) is 1. The maximum absolute atomic E-state index is 4.23. The molecule has 1 unspecified atom stereocenters. The van der Waals surface area contributed by atoms with Gasteiger partial charge in [0.05, 0.1) is 11.9 Å². The van der Waals surface area contributed by atoms with Crippen LogP contribution in [0.3, 0.4) is 0 Å². The molecule has 0 aliphatic carbocycles. The predicted molar refractivity (Wildman–Crippen MR) is 71.2 cm³/mol. The van der Waals surface area contributed by atoms with Gasteiger partial charge in [-0.2, -0.15) is 5.10 Å². The molecule has 1 N–H and O–H groups in total. The summed E-state index contributed by atoms with van der Waals surface area (Å²) in [6.45, 7) is 9.11. The fraction of sp³-hybridized carbons (Fsp3) is 0.769. The summed E-state index contributed by atoms with van der Waals surface area (Å²) in [5.74, 6) is 1.53. The molecule has 0 spiro atoms. The van der Waals surface area contributed by atoms with E-state index in [1.54, 1.807) is 0 Å². The van der Waals surface area contributed by atoms with Gasteiger partial charge in [-0.1, -0.05) is 13.8 Å². The lowest BCUT2D eigenvalue weighted by molar-refractivity contribution is 0.477. The van der Waals surface area contributed by atoms with Crippen molar-refractivity contribution in [3.63, 3.8) is 0 Å². The van der Waals surface area contributed by atoms with E-state index < -0.39 is 0 Å². The van der Waals surface area contributed by atoms with Gasteiger partial charge in [-0.25, -0.2) is 0 Å². The van der Waals surface area contributed by atoms with Crippen LogP contribution in [0.15, 0.2) is 12.4 Å². The average molecular weight is 236 g/mol. The van der Waals surface area contributed by atoms with Crippen molar-refractivity contribution in [2.45, 2.75) is 20.3 Å². The number of anilines is 1. The van der Waals surface area contributed by atoms with E-state index in [4.69, 9.17) is 0 Å². The molecule has 0 aromatic carbocycles. The minimum Gasteiger partial charge on any atom is -0.369 e. The van der Waals surface area contributed by atoms with Crippen molar-refractivity contribution < 1.29 is 0 Å². The van der Waals surface area contributed by atoms with Crippen molar-refractivity contribution in [2.75, 3.05) is 31.1 Å². The molecule has 0 bridgehead atoms. The van der Waals surface area contributed by atoms with Crippen LogP contribution in [0, 0.1) is 11.8 Å². The second-order valence-electron chi connectivity index (χ2n) is 5.53. The van der Waals surface area contributed by atoms with E-state index in [2.05, 4.69) is 35.4 Å². The maximum atomic E-state index is 4.23. The fourth-order valence-corrected chi connectivity index (χ4v) is 2.38. The summed E-state index contributed by atoms with van der Waals surface area (Å²) >= 11 is 0. The second kappa shape index (κ2) is 5.54. The monoisotopic (exact) mass is 236 g/mol. The third-order valence-electron chi connectivity index (χ3n) is 3.33. The lowest BCUT2D eigenvalue weighted by Gasteiger charge is -2.16. The highest BCUT2D eigenvalue weighted by Crippen LogP contribution is 2.22. The van der Waals surface area contributed by atoms with Crippen molar-refractivity contribution in [1.82, 2.24) is 15.1 Å². The van der Waals surface area contributed by atoms with Gasteiger partial charge in [-0.15, -0.1) is 0 Å². The molecule has 1 aromatic heterocycles. The lowest BCUT2D eigenvalue weighted by atomic mass is 10.1. The highest BCUT2D eigenvalue weighted by atomic mass is 15.3. The molecule has 0 radical (unpaired) electrons. The lowest BCUT2D eigenvalue weighted by Crippen LogP contribution is -2.28. The van der Waals surface area contributed by atoms with Gasteiger partial charge in [0.15, 0.2) is 0 Å². The van der Waals surface area contributed by atoms with Crippen LogP contribution >= 0.6 is 0 Å². The Morgan fingerprint density at radius 1 is 1.53 bits per heavy atom. The van der Waals surface area contributed by atoms with E-state index in [0.717, 1.165) is 31.5 Å². The molecule has 0 amide bonds. The van der Waals surface area contributed by atoms with E-state index >= 15 is 0 Å². The Morgan fingerprint density at radius 2 is 2.35 bits per heavy atom. The molecule has 1 fully saturated rings. The third kappa shape index (κ3) is 3.46. The Bertz CT molecular complexity index is 345. The summed E-state index contributed by atoms with van der Waals surface area (Å²) in [7, 11) is 1.97. The molecule has 1 aliphatic rings. The van der Waals surface area contributed by atoms with E-state index in [1.807, 2.05) is 17.9 Å². The van der Waals surface area contributed by atoms with Crippen LogP contribution in [0.2, 0.25) is 0 Å². The Kier molecular flexibility index (Phi) is 4.05. The summed E-state index contributed by atoms with van der Waals surface area (Å²) in [6, 6.07) is 0. The van der Waals surface area contributed by atoms with Crippen molar-refractivity contribution in [3.8, 4) is 0 Å². The van der Waals surface area contributed by atoms with Crippen LogP contribution in [0.1, 0.15) is 20.3 Å². The van der Waals surface area contributed by atoms with E-state index in [1.165, 1.54) is 18.7 Å². The summed E-state index contributed by atoms with van der Waals surface area (Å²) in [5.41, 5.74) is 1.26. The smallest absolute Gasteiger partial charge is 0.0752 e. The Balaban J connectivity index is 1.76. The maximum Gasteiger partial charge on any atom is 0.0752 e. The fourth-order valence-electron chi connectivity index (χ4n) is 2.38. The minimum absolute atomic E-state index is 0.742. The van der Waals surface area contributed by atoms with Gasteiger partial charge in [-0.05, 0) is 31.3 Å². The zero-order valence-corrected chi connectivity index (χ0v) is 11.2. The van der Waals surface area contributed by atoms with Crippen LogP contribution < -0.4 is 10.2 Å². The van der Waals surface area contributed by atoms with Gasteiger partial charge in [0.1, 0.15) is 0 Å². The second-order valence-corrected chi connectivity index (χ2v) is 5.53. The van der Waals surface area contributed by atoms with Gasteiger partial charge in [-0.3, -0.25) is 4.68 Å². The third-order valence-corrected chi connectivity index (χ3v) is 3.33. The van der Waals surface area contributed by atoms with Crippen LogP contribution in [-0.4, -0.2) is 36.0 Å². The zero-order valence-electron chi connectivity index (χ0n) is 11.2. The number of nitrogens with zero attached hydrogens (tertiary/aromatic N) is 3. The molecule has 1 aliphatic heterocycles. The quantitative estimate of drug-likeness (QED) is 0.841. The largest absolute Gasteiger partial charge is 0.369 e. The van der Waals surface area contributed by atoms with Gasteiger partial charge in [0.25, 0.3) is 0 Å². The van der Waals surface area contributed by atoms with Crippen LogP contribution in [-0.2, 0) is 7.05 Å².